The maximum absolute atomic E-state index is 14.8. The molecule has 5 rings (SSSR count). The number of amides is 1. The SMILES string of the molecule is CC(=O)Nc1ccc(CN2CCN(C)CC2)c(C(F)(F)F)c1-c1cc(-c2ccc3nc(N)ncc3c2)n(C)n1. The van der Waals surface area contributed by atoms with Crippen LogP contribution < -0.4 is 11.1 Å². The Morgan fingerprint density at radius 3 is 2.51 bits per heavy atom. The van der Waals surface area contributed by atoms with E-state index >= 15 is 0 Å². The van der Waals surface area contributed by atoms with E-state index in [0.29, 0.717) is 24.3 Å². The summed E-state index contributed by atoms with van der Waals surface area (Å²) in [5.41, 5.74) is 7.01. The molecule has 0 radical (unpaired) electrons. The van der Waals surface area contributed by atoms with Gasteiger partial charge in [-0.15, -0.1) is 0 Å². The van der Waals surface area contributed by atoms with E-state index in [1.807, 2.05) is 18.0 Å². The maximum atomic E-state index is 14.8. The minimum absolute atomic E-state index is 0.0592. The molecule has 0 aliphatic carbocycles. The molecular formula is C27H29F3N8O. The minimum Gasteiger partial charge on any atom is -0.368 e. The smallest absolute Gasteiger partial charge is 0.368 e. The average Bonchev–Trinajstić information content (AvgIpc) is 3.25. The lowest BCUT2D eigenvalue weighted by Crippen LogP contribution is -2.44. The van der Waals surface area contributed by atoms with Gasteiger partial charge >= 0.3 is 6.18 Å². The lowest BCUT2D eigenvalue weighted by Gasteiger charge is -2.33. The van der Waals surface area contributed by atoms with Crippen LogP contribution in [-0.4, -0.2) is 68.7 Å². The molecule has 0 atom stereocenters. The number of likely N-dealkylation sites (N-methyl/N-ethyl adjacent to an activating group) is 1. The summed E-state index contributed by atoms with van der Waals surface area (Å²) in [6.45, 7) is 4.31. The summed E-state index contributed by atoms with van der Waals surface area (Å²) >= 11 is 0. The number of benzene rings is 2. The molecule has 4 aromatic rings. The molecule has 2 aromatic heterocycles. The quantitative estimate of drug-likeness (QED) is 0.396. The Balaban J connectivity index is 1.64. The second-order valence-corrected chi connectivity index (χ2v) is 9.82. The van der Waals surface area contributed by atoms with Gasteiger partial charge in [-0.05, 0) is 36.9 Å². The first-order valence-electron chi connectivity index (χ1n) is 12.5. The largest absolute Gasteiger partial charge is 0.417 e. The molecule has 0 spiro atoms. The van der Waals surface area contributed by atoms with E-state index in [2.05, 4.69) is 25.3 Å². The Hall–Kier alpha value is -4.03. The van der Waals surface area contributed by atoms with E-state index in [1.165, 1.54) is 23.7 Å². The van der Waals surface area contributed by atoms with Crippen molar-refractivity contribution in [1.29, 1.82) is 0 Å². The van der Waals surface area contributed by atoms with Crippen LogP contribution in [0.1, 0.15) is 18.1 Å². The summed E-state index contributed by atoms with van der Waals surface area (Å²) in [7, 11) is 3.66. The monoisotopic (exact) mass is 538 g/mol. The van der Waals surface area contributed by atoms with Gasteiger partial charge in [-0.25, -0.2) is 9.97 Å². The zero-order valence-electron chi connectivity index (χ0n) is 21.9. The van der Waals surface area contributed by atoms with Crippen molar-refractivity contribution in [3.05, 3.63) is 53.7 Å². The predicted molar refractivity (Wildman–Crippen MR) is 144 cm³/mol. The molecule has 1 aliphatic rings. The van der Waals surface area contributed by atoms with Crippen LogP contribution in [0.25, 0.3) is 33.4 Å². The molecule has 3 N–H and O–H groups in total. The van der Waals surface area contributed by atoms with Gasteiger partial charge in [0.25, 0.3) is 0 Å². The molecule has 204 valence electrons. The van der Waals surface area contributed by atoms with Gasteiger partial charge in [0.1, 0.15) is 0 Å². The highest BCUT2D eigenvalue weighted by molar-refractivity contribution is 5.95. The molecule has 39 heavy (non-hydrogen) atoms. The number of aromatic nitrogens is 4. The van der Waals surface area contributed by atoms with Gasteiger partial charge < -0.3 is 16.0 Å². The van der Waals surface area contributed by atoms with Crippen LogP contribution in [-0.2, 0) is 24.6 Å². The van der Waals surface area contributed by atoms with Crippen molar-refractivity contribution in [2.45, 2.75) is 19.6 Å². The summed E-state index contributed by atoms with van der Waals surface area (Å²) in [5, 5.41) is 7.80. The molecule has 1 amide bonds. The molecule has 1 fully saturated rings. The van der Waals surface area contributed by atoms with Gasteiger partial charge in [-0.2, -0.15) is 18.3 Å². The number of hydrogen-bond donors (Lipinski definition) is 2. The van der Waals surface area contributed by atoms with E-state index in [1.54, 1.807) is 31.4 Å². The standard InChI is InChI=1S/C27H29F3N8O/c1-16(39)33-21-7-5-18(15-38-10-8-36(2)9-11-38)25(27(28,29)30)24(21)22-13-23(37(3)35-22)17-4-6-20-19(12-17)14-32-26(31)34-20/h4-7,12-14H,8-11,15H2,1-3H3,(H,33,39)(H2,31,32,34). The van der Waals surface area contributed by atoms with Crippen molar-refractivity contribution in [2.24, 2.45) is 7.05 Å². The number of nitrogen functional groups attached to an aromatic ring is 1. The molecule has 3 heterocycles. The molecule has 9 nitrogen and oxygen atoms in total. The first-order valence-corrected chi connectivity index (χ1v) is 12.5. The Labute approximate surface area is 223 Å². The van der Waals surface area contributed by atoms with E-state index in [-0.39, 0.29) is 35.0 Å². The van der Waals surface area contributed by atoms with Crippen LogP contribution in [0, 0.1) is 0 Å². The van der Waals surface area contributed by atoms with Gasteiger partial charge in [0.05, 0.1) is 28.2 Å². The Morgan fingerprint density at radius 1 is 1.08 bits per heavy atom. The molecule has 0 unspecified atom stereocenters. The van der Waals surface area contributed by atoms with Crippen LogP contribution in [0.2, 0.25) is 0 Å². The van der Waals surface area contributed by atoms with Gasteiger partial charge in [0, 0.05) is 69.4 Å². The predicted octanol–water partition coefficient (Wildman–Crippen LogP) is 4.00. The number of halogens is 3. The molecule has 0 saturated carbocycles. The fourth-order valence-electron chi connectivity index (χ4n) is 4.97. The van der Waals surface area contributed by atoms with E-state index < -0.39 is 17.6 Å². The van der Waals surface area contributed by atoms with Gasteiger partial charge in [0.15, 0.2) is 0 Å². The highest BCUT2D eigenvalue weighted by Gasteiger charge is 2.39. The van der Waals surface area contributed by atoms with Gasteiger partial charge in [0.2, 0.25) is 11.9 Å². The third kappa shape index (κ3) is 5.57. The number of fused-ring (bicyclic) bond motifs is 1. The van der Waals surface area contributed by atoms with Crippen LogP contribution in [0.4, 0.5) is 24.8 Å². The third-order valence-corrected chi connectivity index (χ3v) is 6.91. The number of piperazine rings is 1. The Morgan fingerprint density at radius 2 is 1.82 bits per heavy atom. The number of rotatable bonds is 5. The topological polar surface area (TPSA) is 105 Å². The minimum atomic E-state index is -4.68. The summed E-state index contributed by atoms with van der Waals surface area (Å²) in [5.74, 6) is -0.319. The normalized spacial score (nSPS) is 15.1. The molecule has 1 aliphatic heterocycles. The molecule has 1 saturated heterocycles. The maximum Gasteiger partial charge on any atom is 0.417 e. The number of anilines is 2. The first-order chi connectivity index (χ1) is 18.5. The summed E-state index contributed by atoms with van der Waals surface area (Å²) in [6, 6.07) is 10.0. The molecule has 2 aromatic carbocycles. The van der Waals surface area contributed by atoms with E-state index in [4.69, 9.17) is 5.73 Å². The fourth-order valence-corrected chi connectivity index (χ4v) is 4.97. The summed E-state index contributed by atoms with van der Waals surface area (Å²) < 4.78 is 45.8. The van der Waals surface area contributed by atoms with Crippen molar-refractivity contribution in [1.82, 2.24) is 29.5 Å². The zero-order chi connectivity index (χ0) is 27.9. The number of nitrogens with one attached hydrogen (secondary N) is 1. The molecular weight excluding hydrogens is 509 g/mol. The van der Waals surface area contributed by atoms with Crippen LogP contribution in [0.15, 0.2) is 42.6 Å². The number of hydrogen-bond acceptors (Lipinski definition) is 7. The second kappa shape index (κ2) is 10.3. The first kappa shape index (κ1) is 26.6. The fraction of sp³-hybridized carbons (Fsp3) is 0.333. The highest BCUT2D eigenvalue weighted by atomic mass is 19.4. The van der Waals surface area contributed by atoms with Gasteiger partial charge in [-0.3, -0.25) is 14.4 Å². The van der Waals surface area contributed by atoms with Crippen molar-refractivity contribution in [3.8, 4) is 22.5 Å². The molecule has 0 bridgehead atoms. The number of carbonyl (C=O) groups is 1. The number of nitrogens with two attached hydrogens (primary N) is 1. The summed E-state index contributed by atoms with van der Waals surface area (Å²) in [6.07, 6.45) is -3.08. The summed E-state index contributed by atoms with van der Waals surface area (Å²) in [4.78, 5) is 24.4. The van der Waals surface area contributed by atoms with Crippen molar-refractivity contribution < 1.29 is 18.0 Å². The number of nitrogens with zero attached hydrogens (tertiary/aromatic N) is 6. The average molecular weight is 539 g/mol. The highest BCUT2D eigenvalue weighted by Crippen LogP contribution is 2.44. The van der Waals surface area contributed by atoms with Crippen LogP contribution >= 0.6 is 0 Å². The third-order valence-electron chi connectivity index (χ3n) is 6.91. The van der Waals surface area contributed by atoms with Crippen molar-refractivity contribution in [3.63, 3.8) is 0 Å². The Kier molecular flexibility index (Phi) is 7.00. The van der Waals surface area contributed by atoms with E-state index in [9.17, 15) is 18.0 Å². The molecule has 12 heteroatoms. The Bertz CT molecular complexity index is 1540. The zero-order valence-corrected chi connectivity index (χ0v) is 21.9. The lowest BCUT2D eigenvalue weighted by molar-refractivity contribution is -0.138. The van der Waals surface area contributed by atoms with Crippen LogP contribution in [0.3, 0.4) is 0 Å². The van der Waals surface area contributed by atoms with E-state index in [0.717, 1.165) is 24.0 Å². The van der Waals surface area contributed by atoms with Crippen LogP contribution in [0.5, 0.6) is 0 Å². The van der Waals surface area contributed by atoms with Crippen molar-refractivity contribution in [2.75, 3.05) is 44.3 Å². The second-order valence-electron chi connectivity index (χ2n) is 9.82. The van der Waals surface area contributed by atoms with Gasteiger partial charge in [-0.1, -0.05) is 12.1 Å². The number of aryl methyl sites for hydroxylation is 1. The lowest BCUT2D eigenvalue weighted by atomic mass is 9.94. The van der Waals surface area contributed by atoms with Crippen molar-refractivity contribution >= 4 is 28.4 Å². The number of carbonyl (C=O) groups excluding carboxylic acids is 1. The number of alkyl halides is 3.